The minimum atomic E-state index is -1.01. The minimum absolute atomic E-state index is 0.197. The van der Waals surface area contributed by atoms with Gasteiger partial charge in [-0.1, -0.05) is 43.7 Å². The molecule has 184 valence electrons. The second-order valence-corrected chi connectivity index (χ2v) is 9.10. The van der Waals surface area contributed by atoms with E-state index in [1.165, 1.54) is 12.0 Å². The van der Waals surface area contributed by atoms with E-state index in [0.717, 1.165) is 5.56 Å². The monoisotopic (exact) mass is 463 g/mol. The molecule has 2 atom stereocenters. The standard InChI is InChI=1S/C24H37N3O6/c1-9-27(22(30)19(15(2)3)26-23(31)33-24(5,6)7)20(17-12-10-11-16(4)13-17)21(29)25-14-18(28)32-8/h10-13,15,19-20H,9,14H2,1-8H3,(H,25,29)(H,26,31). The first-order chi connectivity index (χ1) is 15.3. The smallest absolute Gasteiger partial charge is 0.408 e. The van der Waals surface area contributed by atoms with E-state index in [1.54, 1.807) is 53.7 Å². The van der Waals surface area contributed by atoms with Crippen LogP contribution in [0.1, 0.15) is 58.7 Å². The van der Waals surface area contributed by atoms with Gasteiger partial charge in [0.15, 0.2) is 0 Å². The van der Waals surface area contributed by atoms with Crippen LogP contribution in [0.15, 0.2) is 24.3 Å². The zero-order valence-electron chi connectivity index (χ0n) is 20.9. The summed E-state index contributed by atoms with van der Waals surface area (Å²) in [6.45, 7) is 12.3. The number of aryl methyl sites for hydroxylation is 1. The number of ether oxygens (including phenoxy) is 2. The Morgan fingerprint density at radius 1 is 1.12 bits per heavy atom. The van der Waals surface area contributed by atoms with E-state index < -0.39 is 41.6 Å². The molecule has 9 nitrogen and oxygen atoms in total. The van der Waals surface area contributed by atoms with Crippen LogP contribution in [0.25, 0.3) is 0 Å². The van der Waals surface area contributed by atoms with E-state index in [-0.39, 0.29) is 19.0 Å². The molecule has 0 radical (unpaired) electrons. The van der Waals surface area contributed by atoms with Gasteiger partial charge in [-0.15, -0.1) is 0 Å². The third kappa shape index (κ3) is 8.75. The van der Waals surface area contributed by atoms with Crippen LogP contribution >= 0.6 is 0 Å². The van der Waals surface area contributed by atoms with Crippen molar-refractivity contribution in [1.82, 2.24) is 15.5 Å². The average molecular weight is 464 g/mol. The molecule has 3 amide bonds. The van der Waals surface area contributed by atoms with Gasteiger partial charge in [0.2, 0.25) is 11.8 Å². The Morgan fingerprint density at radius 3 is 2.24 bits per heavy atom. The molecule has 2 N–H and O–H groups in total. The van der Waals surface area contributed by atoms with Crippen LogP contribution in [0.5, 0.6) is 0 Å². The number of hydrogen-bond acceptors (Lipinski definition) is 6. The molecule has 0 fully saturated rings. The number of carbonyl (C=O) groups is 4. The van der Waals surface area contributed by atoms with Crippen LogP contribution in [0.2, 0.25) is 0 Å². The lowest BCUT2D eigenvalue weighted by Crippen LogP contribution is -2.55. The lowest BCUT2D eigenvalue weighted by atomic mass is 9.98. The lowest BCUT2D eigenvalue weighted by molar-refractivity contribution is -0.145. The summed E-state index contributed by atoms with van der Waals surface area (Å²) in [4.78, 5) is 52.1. The van der Waals surface area contributed by atoms with Gasteiger partial charge in [-0.25, -0.2) is 4.79 Å². The molecule has 0 aliphatic heterocycles. The van der Waals surface area contributed by atoms with Crippen LogP contribution < -0.4 is 10.6 Å². The highest BCUT2D eigenvalue weighted by molar-refractivity contribution is 5.93. The van der Waals surface area contributed by atoms with E-state index in [9.17, 15) is 19.2 Å². The maximum Gasteiger partial charge on any atom is 0.408 e. The summed E-state index contributed by atoms with van der Waals surface area (Å²) in [5.41, 5.74) is 0.776. The molecule has 0 aliphatic carbocycles. The molecular formula is C24H37N3O6. The lowest BCUT2D eigenvalue weighted by Gasteiger charge is -2.35. The summed E-state index contributed by atoms with van der Waals surface area (Å²) < 4.78 is 9.91. The van der Waals surface area contributed by atoms with E-state index in [4.69, 9.17) is 4.74 Å². The maximum absolute atomic E-state index is 13.6. The molecule has 2 unspecified atom stereocenters. The van der Waals surface area contributed by atoms with Crippen molar-refractivity contribution in [2.75, 3.05) is 20.2 Å². The third-order valence-corrected chi connectivity index (χ3v) is 4.78. The highest BCUT2D eigenvalue weighted by Gasteiger charge is 2.36. The summed E-state index contributed by atoms with van der Waals surface area (Å²) in [7, 11) is 1.23. The van der Waals surface area contributed by atoms with Crippen molar-refractivity contribution in [2.24, 2.45) is 5.92 Å². The molecule has 1 aromatic carbocycles. The van der Waals surface area contributed by atoms with Gasteiger partial charge < -0.3 is 25.0 Å². The Morgan fingerprint density at radius 2 is 1.76 bits per heavy atom. The molecule has 0 saturated heterocycles. The largest absolute Gasteiger partial charge is 0.468 e. The Kier molecular flexibility index (Phi) is 10.3. The summed E-state index contributed by atoms with van der Waals surface area (Å²) >= 11 is 0. The van der Waals surface area contributed by atoms with Gasteiger partial charge in [-0.3, -0.25) is 14.4 Å². The van der Waals surface area contributed by atoms with Gasteiger partial charge in [-0.05, 0) is 46.1 Å². The number of rotatable bonds is 9. The Bertz CT molecular complexity index is 847. The first-order valence-corrected chi connectivity index (χ1v) is 11.0. The number of benzene rings is 1. The number of alkyl carbamates (subject to hydrolysis) is 1. The van der Waals surface area contributed by atoms with Crippen molar-refractivity contribution in [3.8, 4) is 0 Å². The first kappa shape index (κ1) is 27.9. The quantitative estimate of drug-likeness (QED) is 0.545. The fourth-order valence-electron chi connectivity index (χ4n) is 3.23. The summed E-state index contributed by atoms with van der Waals surface area (Å²) in [5, 5.41) is 5.19. The summed E-state index contributed by atoms with van der Waals surface area (Å²) in [6.07, 6.45) is -0.715. The molecule has 0 saturated carbocycles. The first-order valence-electron chi connectivity index (χ1n) is 11.0. The number of esters is 1. The molecule has 1 aromatic rings. The predicted octanol–water partition coefficient (Wildman–Crippen LogP) is 2.72. The number of carbonyl (C=O) groups excluding carboxylic acids is 4. The number of likely N-dealkylation sites (N-methyl/N-ethyl adjacent to an activating group) is 1. The van der Waals surface area contributed by atoms with Gasteiger partial charge in [0, 0.05) is 6.54 Å². The van der Waals surface area contributed by atoms with Crippen molar-refractivity contribution in [3.05, 3.63) is 35.4 Å². The molecule has 1 rings (SSSR count). The SMILES string of the molecule is CCN(C(=O)C(NC(=O)OC(C)(C)C)C(C)C)C(C(=O)NCC(=O)OC)c1cccc(C)c1. The highest BCUT2D eigenvalue weighted by Crippen LogP contribution is 2.24. The normalized spacial score (nSPS) is 13.0. The van der Waals surface area contributed by atoms with Gasteiger partial charge in [0.1, 0.15) is 24.2 Å². The Balaban J connectivity index is 3.31. The average Bonchev–Trinajstić information content (AvgIpc) is 2.71. The second-order valence-electron chi connectivity index (χ2n) is 9.10. The van der Waals surface area contributed by atoms with E-state index in [2.05, 4.69) is 15.4 Å². The maximum atomic E-state index is 13.6. The van der Waals surface area contributed by atoms with E-state index >= 15 is 0 Å². The molecule has 0 spiro atoms. The van der Waals surface area contributed by atoms with Crippen LogP contribution in [-0.2, 0) is 23.9 Å². The molecule has 0 aliphatic rings. The second kappa shape index (κ2) is 12.2. The zero-order chi connectivity index (χ0) is 25.3. The minimum Gasteiger partial charge on any atom is -0.468 e. The van der Waals surface area contributed by atoms with Gasteiger partial charge in [-0.2, -0.15) is 0 Å². The molecule has 9 heteroatoms. The number of amides is 3. The van der Waals surface area contributed by atoms with Crippen molar-refractivity contribution in [1.29, 1.82) is 0 Å². The highest BCUT2D eigenvalue weighted by atomic mass is 16.6. The predicted molar refractivity (Wildman–Crippen MR) is 124 cm³/mol. The molecule has 0 bridgehead atoms. The van der Waals surface area contributed by atoms with Crippen molar-refractivity contribution in [2.45, 2.75) is 66.2 Å². The van der Waals surface area contributed by atoms with E-state index in [0.29, 0.717) is 5.56 Å². The molecule has 33 heavy (non-hydrogen) atoms. The van der Waals surface area contributed by atoms with Crippen LogP contribution in [-0.4, -0.2) is 60.6 Å². The topological polar surface area (TPSA) is 114 Å². The van der Waals surface area contributed by atoms with Crippen LogP contribution in [0.4, 0.5) is 4.79 Å². The third-order valence-electron chi connectivity index (χ3n) is 4.78. The number of methoxy groups -OCH3 is 1. The Labute approximate surface area is 196 Å². The molecule has 0 heterocycles. The number of nitrogens with one attached hydrogen (secondary N) is 2. The molecular weight excluding hydrogens is 426 g/mol. The number of nitrogens with zero attached hydrogens (tertiary/aromatic N) is 1. The van der Waals surface area contributed by atoms with Crippen LogP contribution in [0, 0.1) is 12.8 Å². The van der Waals surface area contributed by atoms with Gasteiger partial charge in [0.05, 0.1) is 7.11 Å². The van der Waals surface area contributed by atoms with Crippen molar-refractivity contribution in [3.63, 3.8) is 0 Å². The van der Waals surface area contributed by atoms with Gasteiger partial charge in [0.25, 0.3) is 0 Å². The molecule has 0 aromatic heterocycles. The summed E-state index contributed by atoms with van der Waals surface area (Å²) in [5.74, 6) is -1.83. The van der Waals surface area contributed by atoms with Crippen LogP contribution in [0.3, 0.4) is 0 Å². The fourth-order valence-corrected chi connectivity index (χ4v) is 3.23. The fraction of sp³-hybridized carbons (Fsp3) is 0.583. The van der Waals surface area contributed by atoms with Crippen molar-refractivity contribution < 1.29 is 28.7 Å². The summed E-state index contributed by atoms with van der Waals surface area (Å²) in [6, 6.07) is 5.31. The van der Waals surface area contributed by atoms with Crippen molar-refractivity contribution >= 4 is 23.9 Å². The Hall–Kier alpha value is -3.10. The number of hydrogen-bond donors (Lipinski definition) is 2. The van der Waals surface area contributed by atoms with E-state index in [1.807, 2.05) is 19.1 Å². The van der Waals surface area contributed by atoms with Gasteiger partial charge >= 0.3 is 12.1 Å². The zero-order valence-corrected chi connectivity index (χ0v) is 20.9.